The molecule has 0 aliphatic carbocycles. The van der Waals surface area contributed by atoms with Gasteiger partial charge in [-0.05, 0) is 12.0 Å². The van der Waals surface area contributed by atoms with Gasteiger partial charge in [-0.15, -0.1) is 0 Å². The average molecular weight is 326 g/mol. The number of rotatable bonds is 5. The molecular formula is C19H26N4O. The summed E-state index contributed by atoms with van der Waals surface area (Å²) in [5.41, 5.74) is 1.26. The molecule has 128 valence electrons. The summed E-state index contributed by atoms with van der Waals surface area (Å²) in [6, 6.07) is 10.7. The second-order valence-electron chi connectivity index (χ2n) is 6.40. The minimum atomic E-state index is 0.156. The molecule has 2 aromatic rings. The lowest BCUT2D eigenvalue weighted by molar-refractivity contribution is -0.132. The first kappa shape index (κ1) is 16.7. The van der Waals surface area contributed by atoms with Gasteiger partial charge in [0.2, 0.25) is 5.91 Å². The van der Waals surface area contributed by atoms with Crippen LogP contribution in [0, 0.1) is 0 Å². The van der Waals surface area contributed by atoms with Crippen LogP contribution in [-0.4, -0.2) is 44.9 Å². The number of benzene rings is 1. The fraction of sp³-hybridized carbons (Fsp3) is 0.474. The number of hydrogen-bond donors (Lipinski definition) is 0. The number of nitrogens with zero attached hydrogens (tertiary/aromatic N) is 4. The van der Waals surface area contributed by atoms with E-state index < -0.39 is 0 Å². The van der Waals surface area contributed by atoms with E-state index in [0.717, 1.165) is 45.0 Å². The lowest BCUT2D eigenvalue weighted by Crippen LogP contribution is -2.49. The third-order valence-electron chi connectivity index (χ3n) is 4.73. The fourth-order valence-electron chi connectivity index (χ4n) is 3.41. The molecule has 1 fully saturated rings. The molecule has 0 N–H and O–H groups in total. The van der Waals surface area contributed by atoms with Gasteiger partial charge in [-0.3, -0.25) is 9.69 Å². The topological polar surface area (TPSA) is 41.4 Å². The van der Waals surface area contributed by atoms with Crippen molar-refractivity contribution in [2.45, 2.75) is 39.4 Å². The predicted molar refractivity (Wildman–Crippen MR) is 94.4 cm³/mol. The van der Waals surface area contributed by atoms with Gasteiger partial charge >= 0.3 is 0 Å². The summed E-state index contributed by atoms with van der Waals surface area (Å²) in [4.78, 5) is 20.8. The molecule has 1 aliphatic heterocycles. The quantitative estimate of drug-likeness (QED) is 0.848. The monoisotopic (exact) mass is 326 g/mol. The number of piperazine rings is 1. The van der Waals surface area contributed by atoms with E-state index in [0.29, 0.717) is 0 Å². The first-order valence-electron chi connectivity index (χ1n) is 8.73. The molecule has 5 heteroatoms. The maximum absolute atomic E-state index is 11.8. The third-order valence-corrected chi connectivity index (χ3v) is 4.73. The normalized spacial score (nSPS) is 18.8. The van der Waals surface area contributed by atoms with Crippen LogP contribution in [-0.2, 0) is 17.9 Å². The number of carbonyl (C=O) groups is 1. The Balaban J connectivity index is 1.82. The summed E-state index contributed by atoms with van der Waals surface area (Å²) >= 11 is 0. The molecule has 1 aromatic carbocycles. The molecule has 0 bridgehead atoms. The zero-order valence-electron chi connectivity index (χ0n) is 14.6. The van der Waals surface area contributed by atoms with Crippen molar-refractivity contribution in [1.29, 1.82) is 0 Å². The number of hydrogen-bond acceptors (Lipinski definition) is 3. The van der Waals surface area contributed by atoms with Crippen molar-refractivity contribution in [2.24, 2.45) is 0 Å². The Morgan fingerprint density at radius 3 is 2.75 bits per heavy atom. The van der Waals surface area contributed by atoms with Crippen LogP contribution >= 0.6 is 0 Å². The van der Waals surface area contributed by atoms with Gasteiger partial charge in [0.25, 0.3) is 0 Å². The summed E-state index contributed by atoms with van der Waals surface area (Å²) < 4.78 is 2.24. The highest BCUT2D eigenvalue weighted by atomic mass is 16.2. The standard InChI is InChI=1S/C19H26N4O/c1-3-10-21-11-9-20-19(21)15-23-13-12-22(16(2)24)14-18(23)17-7-5-4-6-8-17/h4-9,11,18H,3,10,12-15H2,1-2H3/t18-/m1/s1. The van der Waals surface area contributed by atoms with Crippen molar-refractivity contribution in [3.05, 3.63) is 54.1 Å². The van der Waals surface area contributed by atoms with E-state index in [9.17, 15) is 4.79 Å². The van der Waals surface area contributed by atoms with Gasteiger partial charge in [-0.25, -0.2) is 4.98 Å². The van der Waals surface area contributed by atoms with Crippen LogP contribution in [0.15, 0.2) is 42.7 Å². The molecule has 0 radical (unpaired) electrons. The molecule has 3 rings (SSSR count). The Hall–Kier alpha value is -2.14. The predicted octanol–water partition coefficient (Wildman–Crippen LogP) is 2.70. The summed E-state index contributed by atoms with van der Waals surface area (Å²) in [7, 11) is 0. The molecule has 24 heavy (non-hydrogen) atoms. The van der Waals surface area contributed by atoms with Crippen LogP contribution in [0.1, 0.15) is 37.7 Å². The Morgan fingerprint density at radius 2 is 2.04 bits per heavy atom. The number of aryl methyl sites for hydroxylation is 1. The zero-order chi connectivity index (χ0) is 16.9. The van der Waals surface area contributed by atoms with Crippen LogP contribution in [0.5, 0.6) is 0 Å². The lowest BCUT2D eigenvalue weighted by Gasteiger charge is -2.41. The van der Waals surface area contributed by atoms with E-state index >= 15 is 0 Å². The van der Waals surface area contributed by atoms with Crippen LogP contribution in [0.2, 0.25) is 0 Å². The Morgan fingerprint density at radius 1 is 1.25 bits per heavy atom. The SMILES string of the molecule is CCCn1ccnc1CN1CCN(C(C)=O)C[C@@H]1c1ccccc1. The van der Waals surface area contributed by atoms with Gasteiger partial charge in [-0.2, -0.15) is 0 Å². The highest BCUT2D eigenvalue weighted by Crippen LogP contribution is 2.27. The molecule has 1 aromatic heterocycles. The molecule has 0 saturated carbocycles. The van der Waals surface area contributed by atoms with Crippen molar-refractivity contribution in [3.8, 4) is 0 Å². The van der Waals surface area contributed by atoms with Crippen molar-refractivity contribution in [3.63, 3.8) is 0 Å². The van der Waals surface area contributed by atoms with E-state index in [1.165, 1.54) is 5.56 Å². The smallest absolute Gasteiger partial charge is 0.219 e. The van der Waals surface area contributed by atoms with Gasteiger partial charge < -0.3 is 9.47 Å². The van der Waals surface area contributed by atoms with E-state index in [1.807, 2.05) is 17.2 Å². The number of carbonyl (C=O) groups excluding carboxylic acids is 1. The second kappa shape index (κ2) is 7.62. The third kappa shape index (κ3) is 3.67. The summed E-state index contributed by atoms with van der Waals surface area (Å²) in [5.74, 6) is 1.26. The molecule has 5 nitrogen and oxygen atoms in total. The molecule has 1 atom stereocenters. The van der Waals surface area contributed by atoms with Gasteiger partial charge in [0.1, 0.15) is 5.82 Å². The maximum Gasteiger partial charge on any atom is 0.219 e. The molecule has 1 amide bonds. The van der Waals surface area contributed by atoms with Crippen molar-refractivity contribution < 1.29 is 4.79 Å². The molecule has 2 heterocycles. The van der Waals surface area contributed by atoms with Gasteiger partial charge in [-0.1, -0.05) is 37.3 Å². The molecule has 0 spiro atoms. The Bertz CT molecular complexity index is 667. The fourth-order valence-corrected chi connectivity index (χ4v) is 3.41. The minimum absolute atomic E-state index is 0.156. The first-order valence-corrected chi connectivity index (χ1v) is 8.73. The van der Waals surface area contributed by atoms with Crippen LogP contribution in [0.3, 0.4) is 0 Å². The second-order valence-corrected chi connectivity index (χ2v) is 6.40. The summed E-state index contributed by atoms with van der Waals surface area (Å²) in [6.45, 7) is 8.06. The molecule has 1 saturated heterocycles. The Labute approximate surface area is 143 Å². The average Bonchev–Trinajstić information content (AvgIpc) is 3.03. The number of aromatic nitrogens is 2. The van der Waals surface area contributed by atoms with E-state index in [4.69, 9.17) is 0 Å². The highest BCUT2D eigenvalue weighted by molar-refractivity contribution is 5.73. The molecule has 1 aliphatic rings. The van der Waals surface area contributed by atoms with Crippen LogP contribution in [0.4, 0.5) is 0 Å². The van der Waals surface area contributed by atoms with E-state index in [-0.39, 0.29) is 11.9 Å². The van der Waals surface area contributed by atoms with Crippen LogP contribution in [0.25, 0.3) is 0 Å². The largest absolute Gasteiger partial charge is 0.340 e. The van der Waals surface area contributed by atoms with Crippen molar-refractivity contribution in [2.75, 3.05) is 19.6 Å². The highest BCUT2D eigenvalue weighted by Gasteiger charge is 2.30. The molecular weight excluding hydrogens is 300 g/mol. The Kier molecular flexibility index (Phi) is 5.30. The van der Waals surface area contributed by atoms with Crippen molar-refractivity contribution >= 4 is 5.91 Å². The minimum Gasteiger partial charge on any atom is -0.340 e. The van der Waals surface area contributed by atoms with Gasteiger partial charge in [0.05, 0.1) is 12.6 Å². The van der Waals surface area contributed by atoms with Crippen molar-refractivity contribution in [1.82, 2.24) is 19.4 Å². The van der Waals surface area contributed by atoms with Gasteiger partial charge in [0.15, 0.2) is 0 Å². The number of imidazole rings is 1. The zero-order valence-corrected chi connectivity index (χ0v) is 14.6. The van der Waals surface area contributed by atoms with Crippen LogP contribution < -0.4 is 0 Å². The number of amides is 1. The van der Waals surface area contributed by atoms with E-state index in [2.05, 4.69) is 51.8 Å². The maximum atomic E-state index is 11.8. The summed E-state index contributed by atoms with van der Waals surface area (Å²) in [5, 5.41) is 0. The van der Waals surface area contributed by atoms with Gasteiger partial charge in [0, 0.05) is 45.5 Å². The first-order chi connectivity index (χ1) is 11.7. The van der Waals surface area contributed by atoms with E-state index in [1.54, 1.807) is 6.92 Å². The molecule has 0 unspecified atom stereocenters. The summed E-state index contributed by atoms with van der Waals surface area (Å²) in [6.07, 6.45) is 5.04. The lowest BCUT2D eigenvalue weighted by atomic mass is 10.0.